The highest BCUT2D eigenvalue weighted by molar-refractivity contribution is 7.89. The Hall–Kier alpha value is -1.70. The van der Waals surface area contributed by atoms with Gasteiger partial charge >= 0.3 is 0 Å². The summed E-state index contributed by atoms with van der Waals surface area (Å²) in [7, 11) is -2.25. The van der Waals surface area contributed by atoms with Crippen LogP contribution in [0.5, 0.6) is 0 Å². The second-order valence-electron chi connectivity index (χ2n) is 4.42. The van der Waals surface area contributed by atoms with E-state index in [1.807, 2.05) is 0 Å². The predicted molar refractivity (Wildman–Crippen MR) is 73.7 cm³/mol. The average molecular weight is 297 g/mol. The van der Waals surface area contributed by atoms with Crippen LogP contribution in [0.3, 0.4) is 0 Å². The first-order valence-corrected chi connectivity index (χ1v) is 7.46. The van der Waals surface area contributed by atoms with Gasteiger partial charge in [-0.15, -0.1) is 0 Å². The van der Waals surface area contributed by atoms with E-state index in [2.05, 4.69) is 4.98 Å². The quantitative estimate of drug-likeness (QED) is 0.876. The number of hydrogen-bond donors (Lipinski definition) is 2. The van der Waals surface area contributed by atoms with Crippen molar-refractivity contribution < 1.29 is 12.8 Å². The van der Waals surface area contributed by atoms with Crippen LogP contribution in [-0.2, 0) is 23.1 Å². The minimum Gasteiger partial charge on any atom is -0.363 e. The molecule has 0 aliphatic heterocycles. The van der Waals surface area contributed by atoms with Gasteiger partial charge in [-0.3, -0.25) is 0 Å². The molecule has 0 saturated heterocycles. The van der Waals surface area contributed by atoms with Crippen LogP contribution >= 0.6 is 0 Å². The summed E-state index contributed by atoms with van der Waals surface area (Å²) >= 11 is 0. The van der Waals surface area contributed by atoms with Crippen molar-refractivity contribution in [2.75, 3.05) is 7.05 Å². The van der Waals surface area contributed by atoms with E-state index in [1.165, 1.54) is 25.4 Å². The third kappa shape index (κ3) is 2.90. The van der Waals surface area contributed by atoms with Crippen molar-refractivity contribution in [3.63, 3.8) is 0 Å². The zero-order chi connectivity index (χ0) is 14.8. The van der Waals surface area contributed by atoms with E-state index in [1.54, 1.807) is 18.2 Å². The van der Waals surface area contributed by atoms with Crippen LogP contribution in [0, 0.1) is 5.82 Å². The fourth-order valence-corrected chi connectivity index (χ4v) is 2.99. The first-order chi connectivity index (χ1) is 9.45. The van der Waals surface area contributed by atoms with Gasteiger partial charge < -0.3 is 10.7 Å². The van der Waals surface area contributed by atoms with Gasteiger partial charge in [0.25, 0.3) is 0 Å². The van der Waals surface area contributed by atoms with Crippen molar-refractivity contribution in [3.05, 3.63) is 53.6 Å². The Balaban J connectivity index is 2.23. The lowest BCUT2D eigenvalue weighted by molar-refractivity contribution is 0.456. The molecule has 0 atom stereocenters. The topological polar surface area (TPSA) is 79.2 Å². The lowest BCUT2D eigenvalue weighted by atomic mass is 10.2. The highest BCUT2D eigenvalue weighted by Gasteiger charge is 2.22. The molecule has 0 saturated carbocycles. The Morgan fingerprint density at radius 1 is 1.35 bits per heavy atom. The summed E-state index contributed by atoms with van der Waals surface area (Å²) in [6, 6.07) is 7.57. The normalized spacial score (nSPS) is 12.0. The summed E-state index contributed by atoms with van der Waals surface area (Å²) in [4.78, 5) is 2.91. The monoisotopic (exact) mass is 297 g/mol. The lowest BCUT2D eigenvalue weighted by Crippen LogP contribution is -2.26. The van der Waals surface area contributed by atoms with Crippen molar-refractivity contribution in [3.8, 4) is 0 Å². The molecule has 108 valence electrons. The number of nitrogens with zero attached hydrogens (tertiary/aromatic N) is 1. The van der Waals surface area contributed by atoms with E-state index in [4.69, 9.17) is 5.73 Å². The van der Waals surface area contributed by atoms with Crippen LogP contribution in [-0.4, -0.2) is 24.8 Å². The van der Waals surface area contributed by atoms with Crippen molar-refractivity contribution in [2.24, 2.45) is 5.73 Å². The lowest BCUT2D eigenvalue weighted by Gasteiger charge is -2.16. The number of benzene rings is 1. The minimum absolute atomic E-state index is 0.0296. The zero-order valence-electron chi connectivity index (χ0n) is 11.0. The van der Waals surface area contributed by atoms with Crippen molar-refractivity contribution in [1.29, 1.82) is 0 Å². The van der Waals surface area contributed by atoms with Crippen LogP contribution in [0.4, 0.5) is 4.39 Å². The smallest absolute Gasteiger partial charge is 0.244 e. The van der Waals surface area contributed by atoms with E-state index in [9.17, 15) is 12.8 Å². The molecule has 2 aromatic rings. The van der Waals surface area contributed by atoms with Crippen molar-refractivity contribution >= 4 is 10.0 Å². The summed E-state index contributed by atoms with van der Waals surface area (Å²) in [5.74, 6) is -0.425. The molecule has 7 heteroatoms. The molecule has 5 nitrogen and oxygen atoms in total. The second-order valence-corrected chi connectivity index (χ2v) is 6.46. The molecular weight excluding hydrogens is 281 g/mol. The summed E-state index contributed by atoms with van der Waals surface area (Å²) in [5, 5.41) is 0. The van der Waals surface area contributed by atoms with Gasteiger partial charge in [0.05, 0.1) is 4.90 Å². The fraction of sp³-hybridized carbons (Fsp3) is 0.231. The zero-order valence-corrected chi connectivity index (χ0v) is 11.8. The molecule has 1 aromatic carbocycles. The maximum Gasteiger partial charge on any atom is 0.244 e. The first kappa shape index (κ1) is 14.7. The number of hydrogen-bond acceptors (Lipinski definition) is 3. The molecule has 0 spiro atoms. The van der Waals surface area contributed by atoms with Gasteiger partial charge in [-0.1, -0.05) is 18.2 Å². The Labute approximate surface area is 117 Å². The number of sulfonamides is 1. The number of aromatic nitrogens is 1. The third-order valence-corrected chi connectivity index (χ3v) is 4.78. The summed E-state index contributed by atoms with van der Waals surface area (Å²) in [6.45, 7) is 0.199. The van der Waals surface area contributed by atoms with Gasteiger partial charge in [-0.05, 0) is 12.1 Å². The van der Waals surface area contributed by atoms with Gasteiger partial charge in [-0.2, -0.15) is 4.31 Å². The molecule has 0 bridgehead atoms. The second kappa shape index (κ2) is 5.74. The number of aromatic amines is 1. The largest absolute Gasteiger partial charge is 0.363 e. The van der Waals surface area contributed by atoms with E-state index in [0.717, 1.165) is 4.31 Å². The van der Waals surface area contributed by atoms with E-state index in [-0.39, 0.29) is 18.0 Å². The summed E-state index contributed by atoms with van der Waals surface area (Å²) in [5.41, 5.74) is 6.39. The molecule has 0 amide bonds. The molecular formula is C13H16FN3O2S. The van der Waals surface area contributed by atoms with Crippen LogP contribution in [0.2, 0.25) is 0 Å². The number of rotatable bonds is 5. The highest BCUT2D eigenvalue weighted by Crippen LogP contribution is 2.18. The number of halogens is 1. The average Bonchev–Trinajstić information content (AvgIpc) is 2.90. The summed E-state index contributed by atoms with van der Waals surface area (Å²) < 4.78 is 39.3. The van der Waals surface area contributed by atoms with Gasteiger partial charge in [0.2, 0.25) is 10.0 Å². The SMILES string of the molecule is CN(Cc1ccccc1F)S(=O)(=O)c1c[nH]c(CN)c1. The molecule has 0 fully saturated rings. The van der Waals surface area contributed by atoms with E-state index in [0.29, 0.717) is 11.3 Å². The Morgan fingerprint density at radius 3 is 2.65 bits per heavy atom. The third-order valence-electron chi connectivity index (χ3n) is 3.00. The summed E-state index contributed by atoms with van der Waals surface area (Å²) in [6.07, 6.45) is 1.38. The number of nitrogens with one attached hydrogen (secondary N) is 1. The fourth-order valence-electron chi connectivity index (χ4n) is 1.82. The molecule has 1 aromatic heterocycles. The molecule has 0 aliphatic carbocycles. The van der Waals surface area contributed by atoms with Crippen LogP contribution in [0.25, 0.3) is 0 Å². The molecule has 0 unspecified atom stereocenters. The number of nitrogens with two attached hydrogens (primary N) is 1. The Morgan fingerprint density at radius 2 is 2.05 bits per heavy atom. The molecule has 1 heterocycles. The standard InChI is InChI=1S/C13H16FN3O2S/c1-17(9-10-4-2-3-5-13(10)14)20(18,19)12-6-11(7-15)16-8-12/h2-6,8,16H,7,9,15H2,1H3. The maximum atomic E-state index is 13.6. The molecule has 2 rings (SSSR count). The van der Waals surface area contributed by atoms with Crippen LogP contribution in [0.15, 0.2) is 41.4 Å². The van der Waals surface area contributed by atoms with E-state index >= 15 is 0 Å². The molecule has 0 radical (unpaired) electrons. The first-order valence-electron chi connectivity index (χ1n) is 6.02. The van der Waals surface area contributed by atoms with Crippen molar-refractivity contribution in [1.82, 2.24) is 9.29 Å². The Kier molecular flexibility index (Phi) is 4.22. The number of H-pyrrole nitrogens is 1. The predicted octanol–water partition coefficient (Wildman–Crippen LogP) is 1.43. The van der Waals surface area contributed by atoms with Crippen LogP contribution < -0.4 is 5.73 Å². The minimum atomic E-state index is -3.66. The Bertz CT molecular complexity index is 697. The van der Waals surface area contributed by atoms with Crippen molar-refractivity contribution in [2.45, 2.75) is 18.0 Å². The van der Waals surface area contributed by atoms with E-state index < -0.39 is 15.8 Å². The van der Waals surface area contributed by atoms with Gasteiger partial charge in [-0.25, -0.2) is 12.8 Å². The maximum absolute atomic E-state index is 13.6. The molecule has 0 aliphatic rings. The van der Waals surface area contributed by atoms with Crippen LogP contribution in [0.1, 0.15) is 11.3 Å². The molecule has 3 N–H and O–H groups in total. The van der Waals surface area contributed by atoms with Gasteiger partial charge in [0.1, 0.15) is 5.82 Å². The molecule has 20 heavy (non-hydrogen) atoms. The van der Waals surface area contributed by atoms with Gasteiger partial charge in [0, 0.05) is 37.6 Å². The highest BCUT2D eigenvalue weighted by atomic mass is 32.2. The van der Waals surface area contributed by atoms with Gasteiger partial charge in [0.15, 0.2) is 0 Å².